The first kappa shape index (κ1) is 15.6. The van der Waals surface area contributed by atoms with E-state index >= 15 is 0 Å². The summed E-state index contributed by atoms with van der Waals surface area (Å²) in [5, 5.41) is 15.7. The number of carbonyl (C=O) groups is 1. The summed E-state index contributed by atoms with van der Waals surface area (Å²) >= 11 is 0. The first-order valence-corrected chi connectivity index (χ1v) is 7.97. The molecule has 0 saturated carbocycles. The van der Waals surface area contributed by atoms with Crippen LogP contribution in [0.2, 0.25) is 0 Å². The minimum Gasteiger partial charge on any atom is -0.354 e. The summed E-state index contributed by atoms with van der Waals surface area (Å²) in [6, 6.07) is 2.62. The van der Waals surface area contributed by atoms with Gasteiger partial charge in [0.05, 0.1) is 17.4 Å². The summed E-state index contributed by atoms with van der Waals surface area (Å²) < 4.78 is 61.8. The van der Waals surface area contributed by atoms with Crippen LogP contribution in [0.5, 0.6) is 0 Å². The lowest BCUT2D eigenvalue weighted by molar-refractivity contribution is -0.141. The lowest BCUT2D eigenvalue weighted by Crippen LogP contribution is -2.27. The molecule has 3 heterocycles. The molecule has 1 amide bonds. The molecule has 3 aromatic rings. The van der Waals surface area contributed by atoms with Gasteiger partial charge in [0.25, 0.3) is 11.5 Å². The van der Waals surface area contributed by atoms with Crippen LogP contribution >= 0.6 is 0 Å². The van der Waals surface area contributed by atoms with Gasteiger partial charge in [0, 0.05) is 23.8 Å². The van der Waals surface area contributed by atoms with E-state index in [2.05, 4.69) is 20.6 Å². The molecule has 0 aromatic carbocycles. The van der Waals surface area contributed by atoms with Crippen molar-refractivity contribution in [3.63, 3.8) is 0 Å². The largest absolute Gasteiger partial charge is 0.406 e. The molecule has 0 aliphatic carbocycles. The molecular weight excluding hydrogens is 379 g/mol. The van der Waals surface area contributed by atoms with Gasteiger partial charge in [-0.25, -0.2) is 0 Å². The van der Waals surface area contributed by atoms with Gasteiger partial charge in [0.1, 0.15) is 11.9 Å². The number of rotatable bonds is 5. The molecule has 0 fully saturated rings. The van der Waals surface area contributed by atoms with E-state index in [-0.39, 0.29) is 22.4 Å². The number of nitrogens with zero attached hydrogens (tertiary/aromatic N) is 5. The van der Waals surface area contributed by atoms with Crippen molar-refractivity contribution in [2.45, 2.75) is 26.2 Å². The number of aromatic nitrogens is 5. The molecule has 0 bridgehead atoms. The number of alkyl halides is 3. The molecule has 0 radical (unpaired) electrons. The molecular formula is C16H16F3N7O2. The van der Waals surface area contributed by atoms with Crippen molar-refractivity contribution >= 4 is 28.3 Å². The maximum atomic E-state index is 12.8. The van der Waals surface area contributed by atoms with Gasteiger partial charge in [-0.15, -0.1) is 5.10 Å². The lowest BCUT2D eigenvalue weighted by atomic mass is 10.2. The van der Waals surface area contributed by atoms with Crippen molar-refractivity contribution in [2.24, 2.45) is 0 Å². The van der Waals surface area contributed by atoms with Gasteiger partial charge < -0.3 is 15.2 Å². The molecule has 3 rings (SSSR count). The number of amides is 1. The van der Waals surface area contributed by atoms with Crippen LogP contribution in [0.15, 0.2) is 29.3 Å². The number of hydrogen-bond acceptors (Lipinski definition) is 6. The Morgan fingerprint density at radius 2 is 2.14 bits per heavy atom. The fourth-order valence-corrected chi connectivity index (χ4v) is 2.66. The SMILES string of the molecule is [2H]C([2H])([2H])NC(=O)c1nnccc1Nc1nn(CC)c2ccn(CC(F)(F)F)c(=O)c12. The number of halogens is 3. The Balaban J connectivity index is 2.10. The van der Waals surface area contributed by atoms with Crippen LogP contribution in [-0.2, 0) is 13.1 Å². The van der Waals surface area contributed by atoms with Crippen LogP contribution < -0.4 is 16.2 Å². The van der Waals surface area contributed by atoms with Gasteiger partial charge in [-0.3, -0.25) is 14.3 Å². The zero-order valence-electron chi connectivity index (χ0n) is 17.4. The summed E-state index contributed by atoms with van der Waals surface area (Å²) in [5.41, 5.74) is -1.09. The van der Waals surface area contributed by atoms with E-state index in [0.29, 0.717) is 11.1 Å². The number of fused-ring (bicyclic) bond motifs is 1. The molecule has 3 aromatic heterocycles. The van der Waals surface area contributed by atoms with E-state index in [4.69, 9.17) is 4.11 Å². The van der Waals surface area contributed by atoms with Crippen LogP contribution in [-0.4, -0.2) is 43.6 Å². The van der Waals surface area contributed by atoms with E-state index in [1.54, 1.807) is 12.2 Å². The Morgan fingerprint density at radius 1 is 1.36 bits per heavy atom. The van der Waals surface area contributed by atoms with Gasteiger partial charge in [0.2, 0.25) is 0 Å². The third-order valence-electron chi connectivity index (χ3n) is 3.83. The molecule has 28 heavy (non-hydrogen) atoms. The summed E-state index contributed by atoms with van der Waals surface area (Å²) in [6.45, 7) is -2.24. The van der Waals surface area contributed by atoms with E-state index in [0.717, 1.165) is 6.20 Å². The Hall–Kier alpha value is -3.44. The molecule has 148 valence electrons. The maximum absolute atomic E-state index is 12.8. The summed E-state index contributed by atoms with van der Waals surface area (Å²) in [6.07, 6.45) is -2.38. The number of pyridine rings is 1. The smallest absolute Gasteiger partial charge is 0.354 e. The van der Waals surface area contributed by atoms with Crippen molar-refractivity contribution in [2.75, 3.05) is 12.3 Å². The summed E-state index contributed by atoms with van der Waals surface area (Å²) in [4.78, 5) is 25.0. The van der Waals surface area contributed by atoms with Gasteiger partial charge in [-0.05, 0) is 19.1 Å². The standard InChI is InChI=1S/C16H16F3N7O2/c1-3-26-10-5-7-25(8-16(17,18)19)15(28)11(10)13(24-26)22-9-4-6-21-23-12(9)14(27)20-2/h4-7H,3,8H2,1-2H3,(H,20,27)(H,21,22,24)/i2D3. The average Bonchev–Trinajstić information content (AvgIpc) is 3.00. The van der Waals surface area contributed by atoms with Crippen molar-refractivity contribution < 1.29 is 22.1 Å². The molecule has 9 nitrogen and oxygen atoms in total. The van der Waals surface area contributed by atoms with Crippen molar-refractivity contribution in [3.8, 4) is 0 Å². The average molecular weight is 398 g/mol. The number of hydrogen-bond donors (Lipinski definition) is 2. The molecule has 0 atom stereocenters. The first-order valence-electron chi connectivity index (χ1n) is 9.47. The van der Waals surface area contributed by atoms with Crippen LogP contribution in [0.4, 0.5) is 24.7 Å². The van der Waals surface area contributed by atoms with E-state index in [1.165, 1.54) is 23.0 Å². The quantitative estimate of drug-likeness (QED) is 0.677. The summed E-state index contributed by atoms with van der Waals surface area (Å²) in [5.74, 6) is -1.18. The monoisotopic (exact) mass is 398 g/mol. The van der Waals surface area contributed by atoms with Crippen molar-refractivity contribution in [3.05, 3.63) is 40.6 Å². The second-order valence-electron chi connectivity index (χ2n) is 5.66. The number of aryl methyl sites for hydroxylation is 1. The highest BCUT2D eigenvalue weighted by Crippen LogP contribution is 2.25. The zero-order chi connectivity index (χ0) is 23.0. The van der Waals surface area contributed by atoms with Gasteiger partial charge in [-0.2, -0.15) is 23.4 Å². The molecule has 0 saturated heterocycles. The minimum atomic E-state index is -4.61. The third-order valence-corrected chi connectivity index (χ3v) is 3.83. The Bertz CT molecular complexity index is 1190. The molecule has 0 unspecified atom stereocenters. The van der Waals surface area contributed by atoms with Gasteiger partial charge in [0.15, 0.2) is 11.5 Å². The second-order valence-corrected chi connectivity index (χ2v) is 5.66. The second kappa shape index (κ2) is 7.29. The highest BCUT2D eigenvalue weighted by molar-refractivity contribution is 5.99. The van der Waals surface area contributed by atoms with Crippen LogP contribution in [0.25, 0.3) is 10.9 Å². The van der Waals surface area contributed by atoms with E-state index < -0.39 is 36.9 Å². The van der Waals surface area contributed by atoms with Gasteiger partial charge >= 0.3 is 6.18 Å². The number of carbonyl (C=O) groups excluding carboxylic acids is 1. The Morgan fingerprint density at radius 3 is 2.82 bits per heavy atom. The van der Waals surface area contributed by atoms with Crippen molar-refractivity contribution in [1.82, 2.24) is 29.9 Å². The molecule has 12 heteroatoms. The van der Waals surface area contributed by atoms with Crippen LogP contribution in [0, 0.1) is 0 Å². The van der Waals surface area contributed by atoms with Crippen LogP contribution in [0.3, 0.4) is 0 Å². The predicted molar refractivity (Wildman–Crippen MR) is 94.4 cm³/mol. The first-order chi connectivity index (χ1) is 14.4. The fourth-order valence-electron chi connectivity index (χ4n) is 2.66. The normalized spacial score (nSPS) is 13.6. The Kier molecular flexibility index (Phi) is 4.06. The van der Waals surface area contributed by atoms with Gasteiger partial charge in [-0.1, -0.05) is 0 Å². The van der Waals surface area contributed by atoms with Crippen LogP contribution in [0.1, 0.15) is 21.5 Å². The number of anilines is 2. The minimum absolute atomic E-state index is 0.0370. The fraction of sp³-hybridized carbons (Fsp3) is 0.312. The molecule has 0 spiro atoms. The van der Waals surface area contributed by atoms with E-state index in [9.17, 15) is 22.8 Å². The predicted octanol–water partition coefficient (Wildman–Crippen LogP) is 1.67. The zero-order valence-corrected chi connectivity index (χ0v) is 14.4. The molecule has 2 N–H and O–H groups in total. The van der Waals surface area contributed by atoms with E-state index in [1.807, 2.05) is 0 Å². The highest BCUT2D eigenvalue weighted by Gasteiger charge is 2.29. The maximum Gasteiger partial charge on any atom is 0.406 e. The lowest BCUT2D eigenvalue weighted by Gasteiger charge is -2.10. The van der Waals surface area contributed by atoms with Crippen molar-refractivity contribution in [1.29, 1.82) is 0 Å². The number of nitrogens with one attached hydrogen (secondary N) is 2. The topological polar surface area (TPSA) is 107 Å². The highest BCUT2D eigenvalue weighted by atomic mass is 19.4. The summed E-state index contributed by atoms with van der Waals surface area (Å²) in [7, 11) is 0. The molecule has 0 aliphatic heterocycles. The molecule has 0 aliphatic rings. The Labute approximate surface area is 160 Å². The third kappa shape index (κ3) is 3.66.